The summed E-state index contributed by atoms with van der Waals surface area (Å²) in [4.78, 5) is 45.1. The van der Waals surface area contributed by atoms with Crippen LogP contribution < -0.4 is 16.0 Å². The maximum absolute atomic E-state index is 13.3. The normalized spacial score (nSPS) is 14.6. The number of aromatic nitrogens is 2. The van der Waals surface area contributed by atoms with Gasteiger partial charge in [0.1, 0.15) is 5.02 Å². The van der Waals surface area contributed by atoms with E-state index in [0.29, 0.717) is 48.5 Å². The van der Waals surface area contributed by atoms with E-state index in [1.807, 2.05) is 30.3 Å². The van der Waals surface area contributed by atoms with E-state index in [1.54, 1.807) is 23.2 Å². The minimum Gasteiger partial charge on any atom is -0.459 e. The Hall–Kier alpha value is -4.91. The highest BCUT2D eigenvalue weighted by atomic mass is 35.5. The predicted molar refractivity (Wildman–Crippen MR) is 162 cm³/mol. The first-order valence-electron chi connectivity index (χ1n) is 14.0. The highest BCUT2D eigenvalue weighted by molar-refractivity contribution is 6.32. The molecule has 14 heteroatoms. The maximum Gasteiger partial charge on any atom is 0.446 e. The van der Waals surface area contributed by atoms with Gasteiger partial charge in [0.2, 0.25) is 18.1 Å². The number of nitrogens with zero attached hydrogens (tertiary/aromatic N) is 3. The van der Waals surface area contributed by atoms with Gasteiger partial charge in [-0.25, -0.2) is 4.98 Å². The van der Waals surface area contributed by atoms with Crippen LogP contribution in [0.3, 0.4) is 0 Å². The van der Waals surface area contributed by atoms with Crippen molar-refractivity contribution in [1.82, 2.24) is 14.9 Å². The Labute approximate surface area is 261 Å². The maximum atomic E-state index is 13.3. The molecule has 0 aliphatic carbocycles. The molecule has 2 aliphatic heterocycles. The molecule has 4 heterocycles. The van der Waals surface area contributed by atoms with Gasteiger partial charge < -0.3 is 25.3 Å². The van der Waals surface area contributed by atoms with Gasteiger partial charge in [-0.3, -0.25) is 14.4 Å². The second-order valence-corrected chi connectivity index (χ2v) is 10.8. The summed E-state index contributed by atoms with van der Waals surface area (Å²) in [5, 5.41) is 10.1. The molecule has 1 saturated heterocycles. The molecular weight excluding hydrogens is 613 g/mol. The highest BCUT2D eigenvalue weighted by Gasteiger charge is 2.29. The lowest BCUT2D eigenvalue weighted by Crippen LogP contribution is -2.41. The lowest BCUT2D eigenvalue weighted by Gasteiger charge is -2.31. The molecule has 0 saturated carbocycles. The van der Waals surface area contributed by atoms with E-state index in [1.165, 1.54) is 6.26 Å². The third-order valence-corrected chi connectivity index (χ3v) is 7.53. The fraction of sp³-hybridized carbons (Fsp3) is 0.258. The van der Waals surface area contributed by atoms with Crippen molar-refractivity contribution < 1.29 is 32.0 Å². The van der Waals surface area contributed by atoms with Gasteiger partial charge in [-0.1, -0.05) is 23.7 Å². The molecule has 0 spiro atoms. The van der Waals surface area contributed by atoms with Gasteiger partial charge >= 0.3 is 6.18 Å². The smallest absolute Gasteiger partial charge is 0.446 e. The van der Waals surface area contributed by atoms with Crippen LogP contribution in [0.1, 0.15) is 34.5 Å². The summed E-state index contributed by atoms with van der Waals surface area (Å²) >= 11 is 6.38. The zero-order valence-corrected chi connectivity index (χ0v) is 24.5. The van der Waals surface area contributed by atoms with Crippen molar-refractivity contribution in [3.63, 3.8) is 0 Å². The average Bonchev–Trinajstić information content (AvgIpc) is 3.57. The number of piperidine rings is 1. The summed E-state index contributed by atoms with van der Waals surface area (Å²) in [6.07, 6.45) is 0.0598. The number of furan rings is 1. The van der Waals surface area contributed by atoms with Crippen LogP contribution in [0.25, 0.3) is 0 Å². The van der Waals surface area contributed by atoms with Gasteiger partial charge in [0.15, 0.2) is 11.6 Å². The number of nitrogens with one attached hydrogen (secondary N) is 3. The quantitative estimate of drug-likeness (QED) is 0.215. The van der Waals surface area contributed by atoms with E-state index < -0.39 is 12.5 Å². The topological polar surface area (TPSA) is 129 Å². The van der Waals surface area contributed by atoms with Crippen LogP contribution in [0.2, 0.25) is 5.02 Å². The van der Waals surface area contributed by atoms with Crippen LogP contribution in [-0.2, 0) is 22.4 Å². The van der Waals surface area contributed by atoms with E-state index in [4.69, 9.17) is 20.8 Å². The Balaban J connectivity index is 0.000000609. The zero-order valence-electron chi connectivity index (χ0n) is 23.7. The average molecular weight is 641 g/mol. The molecule has 2 amide bonds. The molecule has 2 aliphatic rings. The van der Waals surface area contributed by atoms with Crippen molar-refractivity contribution in [2.45, 2.75) is 31.9 Å². The lowest BCUT2D eigenvalue weighted by molar-refractivity contribution is -0.156. The molecule has 0 unspecified atom stereocenters. The van der Waals surface area contributed by atoms with Gasteiger partial charge in [-0.15, -0.1) is 0 Å². The van der Waals surface area contributed by atoms with Crippen molar-refractivity contribution in [3.05, 3.63) is 89.0 Å². The molecule has 0 radical (unpaired) electrons. The minimum atomic E-state index is -4.64. The molecule has 2 aromatic carbocycles. The number of amides is 2. The van der Waals surface area contributed by atoms with E-state index in [2.05, 4.69) is 38.1 Å². The third-order valence-electron chi connectivity index (χ3n) is 7.25. The number of aldehydes is 1. The van der Waals surface area contributed by atoms with E-state index in [9.17, 15) is 22.8 Å². The van der Waals surface area contributed by atoms with Crippen LogP contribution in [0.5, 0.6) is 0 Å². The van der Waals surface area contributed by atoms with Crippen LogP contribution in [0.4, 0.5) is 42.0 Å². The number of anilines is 5. The molecule has 3 N–H and O–H groups in total. The molecule has 4 aromatic rings. The second-order valence-electron chi connectivity index (χ2n) is 10.4. The Bertz CT molecular complexity index is 1670. The number of alkyl halides is 3. The van der Waals surface area contributed by atoms with Crippen LogP contribution in [0, 0.1) is 5.92 Å². The minimum absolute atomic E-state index is 0.0327. The molecule has 10 nitrogen and oxygen atoms in total. The number of rotatable bonds is 3. The first kappa shape index (κ1) is 31.5. The number of hydrogen-bond donors (Lipinski definition) is 3. The van der Waals surface area contributed by atoms with Crippen LogP contribution in [0.15, 0.2) is 71.5 Å². The number of aryl methyl sites for hydroxylation is 2. The number of halogens is 4. The molecule has 6 rings (SSSR count). The number of carbonyl (C=O) groups is 3. The van der Waals surface area contributed by atoms with Gasteiger partial charge in [0.25, 0.3) is 5.91 Å². The van der Waals surface area contributed by atoms with E-state index >= 15 is 0 Å². The summed E-state index contributed by atoms with van der Waals surface area (Å²) in [5.74, 6) is 0.916. The predicted octanol–water partition coefficient (Wildman–Crippen LogP) is 6.55. The number of likely N-dealkylation sites (tertiary alicyclic amines) is 1. The molecule has 6 bridgehead atoms. The van der Waals surface area contributed by atoms with Gasteiger partial charge in [0.05, 0.1) is 12.5 Å². The zero-order chi connectivity index (χ0) is 32.0. The first-order valence-corrected chi connectivity index (χ1v) is 14.4. The van der Waals surface area contributed by atoms with Crippen molar-refractivity contribution in [1.29, 1.82) is 0 Å². The summed E-state index contributed by atoms with van der Waals surface area (Å²) in [5.41, 5.74) is 4.63. The molecule has 0 atom stereocenters. The van der Waals surface area contributed by atoms with Crippen molar-refractivity contribution in [3.8, 4) is 0 Å². The van der Waals surface area contributed by atoms with Crippen molar-refractivity contribution in [2.75, 3.05) is 29.0 Å². The molecular formula is C31H28ClF3N6O4. The lowest BCUT2D eigenvalue weighted by atomic mass is 9.95. The number of benzene rings is 2. The SMILES string of the molecule is O=C(Nc1ccc2cc1CCc1cccc(c1)Nc1ncc(Cl)c(n1)N2)C1CCN(C(=O)c2ccco2)CC1.O=CC(F)(F)F. The fourth-order valence-electron chi connectivity index (χ4n) is 5.00. The summed E-state index contributed by atoms with van der Waals surface area (Å²) in [6, 6.07) is 17.3. The van der Waals surface area contributed by atoms with Crippen LogP contribution in [-0.4, -0.2) is 52.2 Å². The fourth-order valence-corrected chi connectivity index (χ4v) is 5.14. The first-order chi connectivity index (χ1) is 21.6. The molecule has 2 aromatic heterocycles. The molecule has 234 valence electrons. The Morgan fingerprint density at radius 2 is 1.78 bits per heavy atom. The summed E-state index contributed by atoms with van der Waals surface area (Å²) in [6.45, 7) is 1.03. The largest absolute Gasteiger partial charge is 0.459 e. The standard InChI is InChI=1S/C29H27ClN6O3.C2HF3O/c30-23-17-31-29-33-21-4-1-3-18(15-21)6-7-20-16-22(32-26(23)35-29)8-9-24(20)34-27(37)19-10-12-36(13-11-19)28(38)25-5-2-14-39-25;3-2(4,5)1-6/h1-5,8-9,14-17,19H,6-7,10-13H2,(H,34,37)(H2,31,32,33,35);1H. The Morgan fingerprint density at radius 3 is 2.49 bits per heavy atom. The molecule has 1 fully saturated rings. The second kappa shape index (κ2) is 13.8. The summed E-state index contributed by atoms with van der Waals surface area (Å²) in [7, 11) is 0. The van der Waals surface area contributed by atoms with Gasteiger partial charge in [0, 0.05) is 36.1 Å². The van der Waals surface area contributed by atoms with Crippen LogP contribution >= 0.6 is 11.6 Å². The monoisotopic (exact) mass is 640 g/mol. The number of carbonyl (C=O) groups excluding carboxylic acids is 3. The van der Waals surface area contributed by atoms with Gasteiger partial charge in [-0.2, -0.15) is 18.2 Å². The van der Waals surface area contributed by atoms with Gasteiger partial charge in [-0.05, 0) is 79.3 Å². The Kier molecular flexibility index (Phi) is 9.67. The molecule has 45 heavy (non-hydrogen) atoms. The third kappa shape index (κ3) is 8.38. The highest BCUT2D eigenvalue weighted by Crippen LogP contribution is 2.30. The van der Waals surface area contributed by atoms with Crippen molar-refractivity contribution in [2.24, 2.45) is 5.92 Å². The number of hydrogen-bond acceptors (Lipinski definition) is 8. The van der Waals surface area contributed by atoms with E-state index in [0.717, 1.165) is 41.0 Å². The Morgan fingerprint density at radius 1 is 1.02 bits per heavy atom. The summed E-state index contributed by atoms with van der Waals surface area (Å²) < 4.78 is 36.5. The van der Waals surface area contributed by atoms with E-state index in [-0.39, 0.29) is 17.7 Å². The number of fused-ring (bicyclic) bond motifs is 6. The van der Waals surface area contributed by atoms with Crippen molar-refractivity contribution >= 4 is 58.5 Å².